The van der Waals surface area contributed by atoms with Crippen molar-refractivity contribution in [1.82, 2.24) is 20.9 Å². The van der Waals surface area contributed by atoms with Gasteiger partial charge in [0, 0.05) is 0 Å². The fraction of sp³-hybridized carbons (Fsp3) is 0.306. The van der Waals surface area contributed by atoms with Gasteiger partial charge in [0.15, 0.2) is 5.69 Å². The largest absolute Gasteiger partial charge is 0.445 e. The van der Waals surface area contributed by atoms with Gasteiger partial charge in [-0.25, -0.2) is 9.78 Å². The van der Waals surface area contributed by atoms with Crippen molar-refractivity contribution in [1.29, 1.82) is 0 Å². The van der Waals surface area contributed by atoms with Gasteiger partial charge >= 0.3 is 6.09 Å². The Hall–Kier alpha value is -5.25. The van der Waals surface area contributed by atoms with Crippen LogP contribution < -0.4 is 16.0 Å². The number of amides is 3. The summed E-state index contributed by atoms with van der Waals surface area (Å²) in [6.07, 6.45) is 1.40. The first kappa shape index (κ1) is 33.6. The third kappa shape index (κ3) is 10.2. The van der Waals surface area contributed by atoms with Crippen molar-refractivity contribution >= 4 is 23.7 Å². The van der Waals surface area contributed by atoms with Gasteiger partial charge in [-0.2, -0.15) is 0 Å². The number of carbonyl (C=O) groups is 4. The molecule has 0 bridgehead atoms. The van der Waals surface area contributed by atoms with E-state index < -0.39 is 35.8 Å². The third-order valence-corrected chi connectivity index (χ3v) is 7.32. The maximum atomic E-state index is 13.7. The van der Waals surface area contributed by atoms with Gasteiger partial charge in [0.1, 0.15) is 18.9 Å². The van der Waals surface area contributed by atoms with Crippen molar-refractivity contribution in [2.24, 2.45) is 5.92 Å². The first-order valence-electron chi connectivity index (χ1n) is 15.4. The van der Waals surface area contributed by atoms with Crippen molar-refractivity contribution in [2.75, 3.05) is 0 Å². The number of aryl methyl sites for hydroxylation is 1. The molecule has 240 valence electrons. The van der Waals surface area contributed by atoms with Crippen LogP contribution in [0, 0.1) is 5.92 Å². The molecule has 3 amide bonds. The molecule has 3 N–H and O–H groups in total. The van der Waals surface area contributed by atoms with Crippen molar-refractivity contribution in [2.45, 2.75) is 64.8 Å². The standard InChI is InChI=1S/C36H40N4O6/c1-24(2)21-30(40-36(44)46-22-27-15-9-5-10-16-27)33(42)38-29(20-19-26-13-7-4-8-14-26)32(41)35-39-31(23-45-35)34(43)37-25(3)28-17-11-6-12-18-28/h4-18,23-25,29-30H,19-22H2,1-3H3,(H,37,43)(H,38,42)(H,40,44). The van der Waals surface area contributed by atoms with Crippen molar-refractivity contribution in [3.8, 4) is 0 Å². The van der Waals surface area contributed by atoms with Crippen molar-refractivity contribution in [3.63, 3.8) is 0 Å². The highest BCUT2D eigenvalue weighted by atomic mass is 16.5. The van der Waals surface area contributed by atoms with Crippen LogP contribution in [0.4, 0.5) is 4.79 Å². The molecule has 46 heavy (non-hydrogen) atoms. The first-order valence-corrected chi connectivity index (χ1v) is 15.4. The number of ether oxygens (including phenoxy) is 1. The molecule has 0 aliphatic heterocycles. The van der Waals surface area contributed by atoms with Crippen LogP contribution in [0.2, 0.25) is 0 Å². The molecule has 0 saturated heterocycles. The highest BCUT2D eigenvalue weighted by Crippen LogP contribution is 2.15. The van der Waals surface area contributed by atoms with E-state index in [0.717, 1.165) is 23.0 Å². The quantitative estimate of drug-likeness (QED) is 0.142. The van der Waals surface area contributed by atoms with Crippen LogP contribution in [0.25, 0.3) is 0 Å². The maximum absolute atomic E-state index is 13.7. The van der Waals surface area contributed by atoms with Crippen LogP contribution in [0.1, 0.15) is 77.5 Å². The van der Waals surface area contributed by atoms with E-state index >= 15 is 0 Å². The highest BCUT2D eigenvalue weighted by Gasteiger charge is 2.31. The summed E-state index contributed by atoms with van der Waals surface area (Å²) >= 11 is 0. The molecule has 3 atom stereocenters. The van der Waals surface area contributed by atoms with Crippen LogP contribution in [0.15, 0.2) is 102 Å². The number of nitrogens with zero attached hydrogens (tertiary/aromatic N) is 1. The molecule has 4 rings (SSSR count). The van der Waals surface area contributed by atoms with E-state index in [1.54, 1.807) is 0 Å². The number of ketones is 1. The van der Waals surface area contributed by atoms with Gasteiger partial charge in [-0.1, -0.05) is 105 Å². The number of Topliss-reactive ketones (excluding diaryl/α,β-unsaturated/α-hetero) is 1. The Morgan fingerprint density at radius 3 is 2.00 bits per heavy atom. The fourth-order valence-electron chi connectivity index (χ4n) is 4.84. The summed E-state index contributed by atoms with van der Waals surface area (Å²) < 4.78 is 10.8. The van der Waals surface area contributed by atoms with Crippen LogP contribution in [0.5, 0.6) is 0 Å². The molecule has 0 spiro atoms. The summed E-state index contributed by atoms with van der Waals surface area (Å²) in [6.45, 7) is 5.74. The summed E-state index contributed by atoms with van der Waals surface area (Å²) in [6, 6.07) is 25.9. The second-order valence-electron chi connectivity index (χ2n) is 11.5. The fourth-order valence-corrected chi connectivity index (χ4v) is 4.84. The first-order chi connectivity index (χ1) is 22.2. The molecule has 10 heteroatoms. The Balaban J connectivity index is 1.46. The van der Waals surface area contributed by atoms with E-state index in [4.69, 9.17) is 9.15 Å². The topological polar surface area (TPSA) is 140 Å². The predicted octanol–water partition coefficient (Wildman–Crippen LogP) is 5.81. The number of alkyl carbamates (subject to hydrolysis) is 1. The smallest absolute Gasteiger partial charge is 0.408 e. The van der Waals surface area contributed by atoms with Gasteiger partial charge < -0.3 is 25.1 Å². The number of hydrogen-bond donors (Lipinski definition) is 3. The molecule has 0 fully saturated rings. The van der Waals surface area contributed by atoms with E-state index in [1.807, 2.05) is 112 Å². The number of oxazole rings is 1. The Morgan fingerprint density at radius 2 is 1.37 bits per heavy atom. The van der Waals surface area contributed by atoms with Crippen LogP contribution in [-0.4, -0.2) is 40.8 Å². The minimum atomic E-state index is -1.04. The Morgan fingerprint density at radius 1 is 0.761 bits per heavy atom. The predicted molar refractivity (Wildman–Crippen MR) is 173 cm³/mol. The summed E-state index contributed by atoms with van der Waals surface area (Å²) in [5, 5.41) is 8.30. The molecule has 0 saturated carbocycles. The molecule has 0 aliphatic rings. The number of hydrogen-bond acceptors (Lipinski definition) is 7. The third-order valence-electron chi connectivity index (χ3n) is 7.32. The number of carbonyl (C=O) groups excluding carboxylic acids is 4. The number of benzene rings is 3. The van der Waals surface area contributed by atoms with Crippen LogP contribution in [-0.2, 0) is 22.6 Å². The summed E-state index contributed by atoms with van der Waals surface area (Å²) in [7, 11) is 0. The van der Waals surface area contributed by atoms with E-state index in [2.05, 4.69) is 20.9 Å². The Labute approximate surface area is 269 Å². The van der Waals surface area contributed by atoms with Crippen LogP contribution in [0.3, 0.4) is 0 Å². The summed E-state index contributed by atoms with van der Waals surface area (Å²) in [5.74, 6) is -1.88. The normalized spacial score (nSPS) is 12.9. The minimum absolute atomic E-state index is 0.0467. The molecular weight excluding hydrogens is 584 g/mol. The van der Waals surface area contributed by atoms with E-state index in [1.165, 1.54) is 0 Å². The molecule has 0 aliphatic carbocycles. The van der Waals surface area contributed by atoms with E-state index in [0.29, 0.717) is 12.8 Å². The minimum Gasteiger partial charge on any atom is -0.445 e. The Kier molecular flexibility index (Phi) is 12.2. The number of nitrogens with one attached hydrogen (secondary N) is 3. The SMILES string of the molecule is CC(C)CC(NC(=O)OCc1ccccc1)C(=O)NC(CCc1ccccc1)C(=O)c1nc(C(=O)NC(C)c2ccccc2)co1. The zero-order chi connectivity index (χ0) is 32.9. The van der Waals surface area contributed by atoms with E-state index in [-0.39, 0.29) is 36.6 Å². The lowest BCUT2D eigenvalue weighted by Gasteiger charge is -2.23. The average molecular weight is 625 g/mol. The lowest BCUT2D eigenvalue weighted by Crippen LogP contribution is -2.52. The number of rotatable bonds is 15. The van der Waals surface area contributed by atoms with Gasteiger partial charge in [-0.15, -0.1) is 0 Å². The van der Waals surface area contributed by atoms with Gasteiger partial charge in [0.2, 0.25) is 11.7 Å². The van der Waals surface area contributed by atoms with Crippen LogP contribution >= 0.6 is 0 Å². The van der Waals surface area contributed by atoms with Gasteiger partial charge in [0.05, 0.1) is 12.1 Å². The molecule has 3 unspecified atom stereocenters. The zero-order valence-corrected chi connectivity index (χ0v) is 26.3. The molecule has 1 aromatic heterocycles. The zero-order valence-electron chi connectivity index (χ0n) is 26.3. The second kappa shape index (κ2) is 16.7. The lowest BCUT2D eigenvalue weighted by atomic mass is 9.99. The summed E-state index contributed by atoms with van der Waals surface area (Å²) in [5.41, 5.74) is 2.63. The van der Waals surface area contributed by atoms with Crippen molar-refractivity contribution < 1.29 is 28.3 Å². The number of aromatic nitrogens is 1. The van der Waals surface area contributed by atoms with Gasteiger partial charge in [0.25, 0.3) is 11.8 Å². The molecule has 3 aromatic carbocycles. The summed E-state index contributed by atoms with van der Waals surface area (Å²) in [4.78, 5) is 57.0. The molecule has 4 aromatic rings. The van der Waals surface area contributed by atoms with Crippen molar-refractivity contribution in [3.05, 3.63) is 126 Å². The molecule has 0 radical (unpaired) electrons. The second-order valence-corrected chi connectivity index (χ2v) is 11.5. The Bertz CT molecular complexity index is 1570. The molecule has 1 heterocycles. The maximum Gasteiger partial charge on any atom is 0.408 e. The van der Waals surface area contributed by atoms with E-state index in [9.17, 15) is 19.2 Å². The van der Waals surface area contributed by atoms with Gasteiger partial charge in [-0.05, 0) is 48.8 Å². The van der Waals surface area contributed by atoms with Gasteiger partial charge in [-0.3, -0.25) is 14.4 Å². The molecular formula is C36H40N4O6. The average Bonchev–Trinajstić information content (AvgIpc) is 3.57. The lowest BCUT2D eigenvalue weighted by molar-refractivity contribution is -0.124. The highest BCUT2D eigenvalue weighted by molar-refractivity contribution is 6.00. The molecule has 10 nitrogen and oxygen atoms in total. The monoisotopic (exact) mass is 624 g/mol.